The van der Waals surface area contributed by atoms with Crippen LogP contribution in [0.4, 0.5) is 0 Å². The number of methoxy groups -OCH3 is 1. The van der Waals surface area contributed by atoms with Crippen molar-refractivity contribution >= 4 is 5.91 Å². The number of nitrogens with zero attached hydrogens (tertiary/aromatic N) is 2. The molecule has 8 heteroatoms. The molecular formula is C21H35N3O5. The van der Waals surface area contributed by atoms with E-state index in [9.17, 15) is 15.0 Å². The molecule has 0 radical (unpaired) electrons. The number of amides is 1. The Balaban J connectivity index is 1.93. The zero-order valence-corrected chi connectivity index (χ0v) is 17.9. The highest BCUT2D eigenvalue weighted by Crippen LogP contribution is 2.28. The van der Waals surface area contributed by atoms with Gasteiger partial charge in [0.2, 0.25) is 5.91 Å². The quantitative estimate of drug-likeness (QED) is 0.510. The van der Waals surface area contributed by atoms with Gasteiger partial charge in [-0.2, -0.15) is 0 Å². The van der Waals surface area contributed by atoms with Gasteiger partial charge in [-0.25, -0.2) is 0 Å². The topological polar surface area (TPSA) is 94.5 Å². The molecule has 164 valence electrons. The van der Waals surface area contributed by atoms with Gasteiger partial charge in [0.15, 0.2) is 11.5 Å². The van der Waals surface area contributed by atoms with Crippen LogP contribution in [0.15, 0.2) is 18.2 Å². The van der Waals surface area contributed by atoms with Gasteiger partial charge in [0.25, 0.3) is 0 Å². The molecule has 0 unspecified atom stereocenters. The minimum Gasteiger partial charge on any atom is -0.493 e. The molecule has 1 amide bonds. The molecule has 0 saturated carbocycles. The van der Waals surface area contributed by atoms with Crippen molar-refractivity contribution in [1.29, 1.82) is 0 Å². The highest BCUT2D eigenvalue weighted by atomic mass is 16.5. The fraction of sp³-hybridized carbons (Fsp3) is 0.667. The lowest BCUT2D eigenvalue weighted by Crippen LogP contribution is -2.44. The Bertz CT molecular complexity index is 655. The molecule has 29 heavy (non-hydrogen) atoms. The average molecular weight is 410 g/mol. The van der Waals surface area contributed by atoms with Crippen molar-refractivity contribution in [2.24, 2.45) is 0 Å². The van der Waals surface area contributed by atoms with Crippen LogP contribution in [-0.2, 0) is 11.3 Å². The summed E-state index contributed by atoms with van der Waals surface area (Å²) in [6.07, 6.45) is -0.0911. The monoisotopic (exact) mass is 409 g/mol. The first-order chi connectivity index (χ1) is 13.8. The molecule has 1 heterocycles. The number of ether oxygens (including phenoxy) is 2. The smallest absolute Gasteiger partial charge is 0.219 e. The molecule has 0 aliphatic carbocycles. The minimum absolute atomic E-state index is 0.144. The molecule has 1 aromatic carbocycles. The summed E-state index contributed by atoms with van der Waals surface area (Å²) in [4.78, 5) is 15.2. The lowest BCUT2D eigenvalue weighted by Gasteiger charge is -2.24. The third-order valence-corrected chi connectivity index (χ3v) is 5.08. The van der Waals surface area contributed by atoms with E-state index in [1.807, 2.05) is 32.3 Å². The summed E-state index contributed by atoms with van der Waals surface area (Å²) in [6, 6.07) is 5.46. The first kappa shape index (κ1) is 23.4. The number of aliphatic hydroxyl groups excluding tert-OH is 2. The molecule has 1 aromatic rings. The SMILES string of the molecule is COc1cc(CN[C@@H]2C[C@@H](O)CN(C(C)=O)C[C@H]2O)ccc1OCCCN(C)C. The molecule has 1 aliphatic rings. The van der Waals surface area contributed by atoms with Gasteiger partial charge in [-0.15, -0.1) is 0 Å². The van der Waals surface area contributed by atoms with Gasteiger partial charge in [-0.1, -0.05) is 6.07 Å². The lowest BCUT2D eigenvalue weighted by molar-refractivity contribution is -0.131. The van der Waals surface area contributed by atoms with Crippen molar-refractivity contribution in [3.63, 3.8) is 0 Å². The Kier molecular flexibility index (Phi) is 9.16. The van der Waals surface area contributed by atoms with E-state index < -0.39 is 12.2 Å². The second kappa shape index (κ2) is 11.3. The molecule has 1 aliphatic heterocycles. The average Bonchev–Trinajstić information content (AvgIpc) is 2.82. The van der Waals surface area contributed by atoms with Crippen LogP contribution in [0, 0.1) is 0 Å². The normalized spacial score (nSPS) is 22.4. The van der Waals surface area contributed by atoms with Crippen LogP contribution in [0.2, 0.25) is 0 Å². The Morgan fingerprint density at radius 3 is 2.69 bits per heavy atom. The first-order valence-electron chi connectivity index (χ1n) is 10.1. The van der Waals surface area contributed by atoms with Gasteiger partial charge < -0.3 is 34.8 Å². The number of aliphatic hydroxyl groups is 2. The second-order valence-corrected chi connectivity index (χ2v) is 7.86. The molecule has 0 aromatic heterocycles. The summed E-state index contributed by atoms with van der Waals surface area (Å²) >= 11 is 0. The molecule has 0 bridgehead atoms. The van der Waals surface area contributed by atoms with E-state index in [0.717, 1.165) is 18.5 Å². The Morgan fingerprint density at radius 1 is 1.28 bits per heavy atom. The maximum Gasteiger partial charge on any atom is 0.219 e. The Morgan fingerprint density at radius 2 is 2.03 bits per heavy atom. The largest absolute Gasteiger partial charge is 0.493 e. The summed E-state index contributed by atoms with van der Waals surface area (Å²) in [5.74, 6) is 1.23. The summed E-state index contributed by atoms with van der Waals surface area (Å²) in [6.45, 7) is 3.99. The van der Waals surface area contributed by atoms with E-state index in [1.54, 1.807) is 7.11 Å². The van der Waals surface area contributed by atoms with Gasteiger partial charge in [0.1, 0.15) is 0 Å². The van der Waals surface area contributed by atoms with E-state index in [0.29, 0.717) is 31.1 Å². The van der Waals surface area contributed by atoms with E-state index in [2.05, 4.69) is 10.2 Å². The summed E-state index contributed by atoms with van der Waals surface area (Å²) in [7, 11) is 5.68. The zero-order valence-electron chi connectivity index (χ0n) is 17.9. The molecule has 3 N–H and O–H groups in total. The number of carbonyl (C=O) groups is 1. The predicted molar refractivity (Wildman–Crippen MR) is 111 cm³/mol. The molecule has 2 rings (SSSR count). The molecule has 1 fully saturated rings. The number of carbonyl (C=O) groups excluding carboxylic acids is 1. The summed E-state index contributed by atoms with van der Waals surface area (Å²) in [5, 5.41) is 23.9. The first-order valence-corrected chi connectivity index (χ1v) is 10.1. The fourth-order valence-electron chi connectivity index (χ4n) is 3.44. The maximum absolute atomic E-state index is 11.6. The van der Waals surface area contributed by atoms with Crippen molar-refractivity contribution in [3.8, 4) is 11.5 Å². The fourth-order valence-corrected chi connectivity index (χ4v) is 3.44. The van der Waals surface area contributed by atoms with Crippen molar-refractivity contribution in [2.75, 3.05) is 47.4 Å². The zero-order chi connectivity index (χ0) is 21.4. The second-order valence-electron chi connectivity index (χ2n) is 7.86. The van der Waals surface area contributed by atoms with Crippen LogP contribution in [0.3, 0.4) is 0 Å². The van der Waals surface area contributed by atoms with Crippen LogP contribution < -0.4 is 14.8 Å². The molecule has 3 atom stereocenters. The van der Waals surface area contributed by atoms with Crippen LogP contribution in [0.1, 0.15) is 25.3 Å². The molecule has 0 spiro atoms. The third kappa shape index (κ3) is 7.47. The van der Waals surface area contributed by atoms with Crippen LogP contribution in [0.25, 0.3) is 0 Å². The lowest BCUT2D eigenvalue weighted by atomic mass is 10.0. The van der Waals surface area contributed by atoms with E-state index in [4.69, 9.17) is 9.47 Å². The standard InChI is InChI=1S/C21H35N3O5/c1-15(25)24-13-17(26)11-18(19(27)14-24)22-12-16-6-7-20(21(10-16)28-4)29-9-5-8-23(2)3/h6-7,10,17-19,22,26-27H,5,8-9,11-14H2,1-4H3/t17-,18-,19-/m1/s1. The predicted octanol–water partition coefficient (Wildman–Crippen LogP) is 0.458. The minimum atomic E-state index is -0.739. The van der Waals surface area contributed by atoms with Gasteiger partial charge in [-0.05, 0) is 44.6 Å². The van der Waals surface area contributed by atoms with E-state index >= 15 is 0 Å². The maximum atomic E-state index is 11.6. The Hall–Kier alpha value is -1.87. The van der Waals surface area contributed by atoms with Crippen LogP contribution in [-0.4, -0.2) is 91.6 Å². The van der Waals surface area contributed by atoms with Crippen molar-refractivity contribution in [1.82, 2.24) is 15.1 Å². The highest BCUT2D eigenvalue weighted by molar-refractivity contribution is 5.73. The highest BCUT2D eigenvalue weighted by Gasteiger charge is 2.30. The van der Waals surface area contributed by atoms with Crippen molar-refractivity contribution < 1.29 is 24.5 Å². The summed E-state index contributed by atoms with van der Waals surface area (Å²) < 4.78 is 11.3. The molecule has 1 saturated heterocycles. The third-order valence-electron chi connectivity index (χ3n) is 5.08. The van der Waals surface area contributed by atoms with Crippen molar-refractivity contribution in [2.45, 2.75) is 44.6 Å². The van der Waals surface area contributed by atoms with Gasteiger partial charge >= 0.3 is 0 Å². The summed E-state index contributed by atoms with van der Waals surface area (Å²) in [5.41, 5.74) is 0.983. The van der Waals surface area contributed by atoms with Crippen molar-refractivity contribution in [3.05, 3.63) is 23.8 Å². The number of nitrogens with one attached hydrogen (secondary N) is 1. The number of rotatable bonds is 9. The van der Waals surface area contributed by atoms with Crippen LogP contribution in [0.5, 0.6) is 11.5 Å². The molecule has 8 nitrogen and oxygen atoms in total. The number of hydrogen-bond acceptors (Lipinski definition) is 7. The van der Waals surface area contributed by atoms with Gasteiger partial charge in [0.05, 0.1) is 25.9 Å². The number of benzene rings is 1. The number of likely N-dealkylation sites (tertiary alicyclic amines) is 1. The Labute approximate surface area is 173 Å². The number of β-amino-alcohol motifs (C(OH)–C–C–N with tert-alkyl or cyclic N) is 2. The van der Waals surface area contributed by atoms with Gasteiger partial charge in [-0.3, -0.25) is 4.79 Å². The molecular weight excluding hydrogens is 374 g/mol. The number of hydrogen-bond donors (Lipinski definition) is 3. The van der Waals surface area contributed by atoms with Gasteiger partial charge in [0, 0.05) is 39.1 Å². The van der Waals surface area contributed by atoms with E-state index in [1.165, 1.54) is 11.8 Å². The van der Waals surface area contributed by atoms with E-state index in [-0.39, 0.29) is 25.0 Å². The van der Waals surface area contributed by atoms with Crippen LogP contribution >= 0.6 is 0 Å².